The molecular formula is C14H18O2. The van der Waals surface area contributed by atoms with Crippen LogP contribution in [0.5, 0.6) is 0 Å². The average Bonchev–Trinajstić information content (AvgIpc) is 2.90. The Morgan fingerprint density at radius 3 is 2.56 bits per heavy atom. The van der Waals surface area contributed by atoms with E-state index in [1.165, 1.54) is 0 Å². The van der Waals surface area contributed by atoms with Gasteiger partial charge in [-0.05, 0) is 23.3 Å². The van der Waals surface area contributed by atoms with E-state index in [4.69, 9.17) is 4.74 Å². The molecule has 1 aliphatic rings. The maximum Gasteiger partial charge on any atom is 0.149 e. The third-order valence-electron chi connectivity index (χ3n) is 3.41. The van der Waals surface area contributed by atoms with Crippen LogP contribution in [-0.4, -0.2) is 12.4 Å². The van der Waals surface area contributed by atoms with E-state index < -0.39 is 0 Å². The van der Waals surface area contributed by atoms with E-state index in [-0.39, 0.29) is 11.5 Å². The van der Waals surface area contributed by atoms with E-state index >= 15 is 0 Å². The predicted octanol–water partition coefficient (Wildman–Crippen LogP) is 2.82. The van der Waals surface area contributed by atoms with E-state index in [0.717, 1.165) is 18.3 Å². The molecule has 2 unspecified atom stereocenters. The maximum absolute atomic E-state index is 11.0. The molecule has 2 nitrogen and oxygen atoms in total. The van der Waals surface area contributed by atoms with Gasteiger partial charge < -0.3 is 9.53 Å². The summed E-state index contributed by atoms with van der Waals surface area (Å²) in [4.78, 5) is 11.0. The van der Waals surface area contributed by atoms with Crippen LogP contribution in [0.4, 0.5) is 0 Å². The lowest BCUT2D eigenvalue weighted by Crippen LogP contribution is -2.19. The summed E-state index contributed by atoms with van der Waals surface area (Å²) in [7, 11) is 0. The number of carbonyl (C=O) groups excluding carboxylic acids is 1. The number of carbonyl (C=O) groups is 1. The monoisotopic (exact) mass is 218 g/mol. The average molecular weight is 218 g/mol. The Kier molecular flexibility index (Phi) is 3.10. The summed E-state index contributed by atoms with van der Waals surface area (Å²) in [6, 6.07) is 9.97. The molecule has 1 aromatic carbocycles. The van der Waals surface area contributed by atoms with Gasteiger partial charge in [0.25, 0.3) is 0 Å². The number of aldehydes is 1. The summed E-state index contributed by atoms with van der Waals surface area (Å²) in [6.07, 6.45) is 1.79. The minimum atomic E-state index is -0.241. The molecule has 1 aromatic rings. The van der Waals surface area contributed by atoms with Crippen molar-refractivity contribution in [2.75, 3.05) is 0 Å². The third kappa shape index (κ3) is 2.50. The van der Waals surface area contributed by atoms with Crippen molar-refractivity contribution >= 4 is 6.29 Å². The van der Waals surface area contributed by atoms with E-state index in [1.54, 1.807) is 0 Å². The van der Waals surface area contributed by atoms with Gasteiger partial charge >= 0.3 is 0 Å². The number of benzene rings is 1. The smallest absolute Gasteiger partial charge is 0.149 e. The van der Waals surface area contributed by atoms with Crippen molar-refractivity contribution in [1.29, 1.82) is 0 Å². The van der Waals surface area contributed by atoms with Crippen molar-refractivity contribution < 1.29 is 9.53 Å². The van der Waals surface area contributed by atoms with Crippen LogP contribution in [0.3, 0.4) is 0 Å². The third-order valence-corrected chi connectivity index (χ3v) is 3.41. The zero-order valence-electron chi connectivity index (χ0n) is 9.85. The molecule has 0 amide bonds. The standard InChI is InChI=1S/C14H18O2/c1-14(2)8-12(14)13(9-15)16-10-11-6-4-3-5-7-11/h3-7,9,12-13H,8,10H2,1-2H3. The highest BCUT2D eigenvalue weighted by molar-refractivity contribution is 5.58. The Balaban J connectivity index is 1.87. The minimum absolute atomic E-state index is 0.241. The molecule has 0 aromatic heterocycles. The van der Waals surface area contributed by atoms with Crippen LogP contribution >= 0.6 is 0 Å². The van der Waals surface area contributed by atoms with Gasteiger partial charge in [0.2, 0.25) is 0 Å². The SMILES string of the molecule is CC1(C)CC1C(C=O)OCc1ccccc1. The summed E-state index contributed by atoms with van der Waals surface area (Å²) < 4.78 is 5.67. The molecule has 0 radical (unpaired) electrons. The molecule has 86 valence electrons. The van der Waals surface area contributed by atoms with Crippen molar-refractivity contribution in [3.05, 3.63) is 35.9 Å². The lowest BCUT2D eigenvalue weighted by Gasteiger charge is -2.13. The van der Waals surface area contributed by atoms with Gasteiger partial charge in [0.15, 0.2) is 0 Å². The van der Waals surface area contributed by atoms with Crippen LogP contribution in [0.25, 0.3) is 0 Å². The molecule has 0 bridgehead atoms. The lowest BCUT2D eigenvalue weighted by molar-refractivity contribution is -0.120. The molecule has 0 aliphatic heterocycles. The molecule has 0 heterocycles. The van der Waals surface area contributed by atoms with Gasteiger partial charge in [0, 0.05) is 0 Å². The molecule has 0 saturated heterocycles. The normalized spacial score (nSPS) is 23.8. The van der Waals surface area contributed by atoms with Gasteiger partial charge in [-0.1, -0.05) is 44.2 Å². The van der Waals surface area contributed by atoms with Crippen LogP contribution in [-0.2, 0) is 16.1 Å². The molecule has 16 heavy (non-hydrogen) atoms. The maximum atomic E-state index is 11.0. The van der Waals surface area contributed by atoms with Gasteiger partial charge in [-0.2, -0.15) is 0 Å². The molecule has 0 N–H and O–H groups in total. The number of hydrogen-bond acceptors (Lipinski definition) is 2. The van der Waals surface area contributed by atoms with Gasteiger partial charge in [0.05, 0.1) is 6.61 Å². The minimum Gasteiger partial charge on any atom is -0.366 e. The quantitative estimate of drug-likeness (QED) is 0.710. The highest BCUT2D eigenvalue weighted by Crippen LogP contribution is 2.53. The zero-order chi connectivity index (χ0) is 11.6. The van der Waals surface area contributed by atoms with E-state index in [1.807, 2.05) is 30.3 Å². The molecule has 2 rings (SSSR count). The second kappa shape index (κ2) is 4.38. The van der Waals surface area contributed by atoms with Crippen molar-refractivity contribution in [3.8, 4) is 0 Å². The fourth-order valence-corrected chi connectivity index (χ4v) is 2.09. The molecule has 1 saturated carbocycles. The van der Waals surface area contributed by atoms with Crippen LogP contribution < -0.4 is 0 Å². The molecule has 2 atom stereocenters. The topological polar surface area (TPSA) is 26.3 Å². The number of rotatable bonds is 5. The first-order chi connectivity index (χ1) is 7.63. The Morgan fingerprint density at radius 1 is 1.44 bits per heavy atom. The second-order valence-corrected chi connectivity index (χ2v) is 5.20. The highest BCUT2D eigenvalue weighted by atomic mass is 16.5. The van der Waals surface area contributed by atoms with Crippen LogP contribution in [0.15, 0.2) is 30.3 Å². The Bertz CT molecular complexity index is 356. The predicted molar refractivity (Wildman–Crippen MR) is 63.0 cm³/mol. The van der Waals surface area contributed by atoms with Gasteiger partial charge in [0.1, 0.15) is 12.4 Å². The van der Waals surface area contributed by atoms with E-state index in [2.05, 4.69) is 13.8 Å². The summed E-state index contributed by atoms with van der Waals surface area (Å²) >= 11 is 0. The molecule has 0 spiro atoms. The van der Waals surface area contributed by atoms with E-state index in [0.29, 0.717) is 12.5 Å². The van der Waals surface area contributed by atoms with E-state index in [9.17, 15) is 4.79 Å². The molecule has 1 fully saturated rings. The first-order valence-corrected chi connectivity index (χ1v) is 5.74. The van der Waals surface area contributed by atoms with Crippen LogP contribution in [0.1, 0.15) is 25.8 Å². The van der Waals surface area contributed by atoms with Crippen LogP contribution in [0, 0.1) is 11.3 Å². The summed E-state index contributed by atoms with van der Waals surface area (Å²) in [5.74, 6) is 0.397. The van der Waals surface area contributed by atoms with Crippen LogP contribution in [0.2, 0.25) is 0 Å². The lowest BCUT2D eigenvalue weighted by atomic mass is 10.1. The number of hydrogen-bond donors (Lipinski definition) is 0. The van der Waals surface area contributed by atoms with Gasteiger partial charge in [-0.25, -0.2) is 0 Å². The van der Waals surface area contributed by atoms with Crippen molar-refractivity contribution in [2.24, 2.45) is 11.3 Å². The summed E-state index contributed by atoms with van der Waals surface area (Å²) in [6.45, 7) is 4.89. The Labute approximate surface area is 96.6 Å². The van der Waals surface area contributed by atoms with Crippen molar-refractivity contribution in [2.45, 2.75) is 33.0 Å². The first kappa shape index (κ1) is 11.3. The highest BCUT2D eigenvalue weighted by Gasteiger charge is 2.50. The summed E-state index contributed by atoms with van der Waals surface area (Å²) in [5, 5.41) is 0. The second-order valence-electron chi connectivity index (χ2n) is 5.20. The fraction of sp³-hybridized carbons (Fsp3) is 0.500. The fourth-order valence-electron chi connectivity index (χ4n) is 2.09. The van der Waals surface area contributed by atoms with Gasteiger partial charge in [-0.15, -0.1) is 0 Å². The Hall–Kier alpha value is -1.15. The molecule has 1 aliphatic carbocycles. The largest absolute Gasteiger partial charge is 0.366 e. The van der Waals surface area contributed by atoms with Gasteiger partial charge in [-0.3, -0.25) is 0 Å². The molecular weight excluding hydrogens is 200 g/mol. The zero-order valence-corrected chi connectivity index (χ0v) is 9.85. The summed E-state index contributed by atoms with van der Waals surface area (Å²) in [5.41, 5.74) is 1.40. The van der Waals surface area contributed by atoms with Crippen molar-refractivity contribution in [3.63, 3.8) is 0 Å². The van der Waals surface area contributed by atoms with Crippen molar-refractivity contribution in [1.82, 2.24) is 0 Å². The molecule has 2 heteroatoms. The Morgan fingerprint density at radius 2 is 2.06 bits per heavy atom. The first-order valence-electron chi connectivity index (χ1n) is 5.74. The number of ether oxygens (including phenoxy) is 1.